The van der Waals surface area contributed by atoms with Crippen LogP contribution in [0.5, 0.6) is 0 Å². The SMILES string of the molecule is O=C(O)c1c(Br)cccc1NCCC1CCCCC1. The van der Waals surface area contributed by atoms with Gasteiger partial charge in [0.05, 0.1) is 5.56 Å². The zero-order chi connectivity index (χ0) is 13.7. The van der Waals surface area contributed by atoms with E-state index in [9.17, 15) is 9.90 Å². The zero-order valence-electron chi connectivity index (χ0n) is 11.0. The highest BCUT2D eigenvalue weighted by molar-refractivity contribution is 9.10. The van der Waals surface area contributed by atoms with E-state index in [0.29, 0.717) is 15.7 Å². The maximum absolute atomic E-state index is 11.2. The summed E-state index contributed by atoms with van der Waals surface area (Å²) in [5.74, 6) is -0.0886. The van der Waals surface area contributed by atoms with Crippen molar-refractivity contribution < 1.29 is 9.90 Å². The van der Waals surface area contributed by atoms with Crippen molar-refractivity contribution >= 4 is 27.6 Å². The van der Waals surface area contributed by atoms with E-state index in [1.54, 1.807) is 6.07 Å². The summed E-state index contributed by atoms with van der Waals surface area (Å²) in [7, 11) is 0. The number of carboxylic acid groups (broad SMARTS) is 1. The minimum Gasteiger partial charge on any atom is -0.478 e. The van der Waals surface area contributed by atoms with Crippen LogP contribution in [0, 0.1) is 5.92 Å². The van der Waals surface area contributed by atoms with Gasteiger partial charge in [-0.05, 0) is 40.4 Å². The zero-order valence-corrected chi connectivity index (χ0v) is 12.6. The molecule has 0 heterocycles. The lowest BCUT2D eigenvalue weighted by atomic mass is 9.87. The van der Waals surface area contributed by atoms with Gasteiger partial charge in [-0.3, -0.25) is 0 Å². The van der Waals surface area contributed by atoms with Crippen LogP contribution in [-0.2, 0) is 0 Å². The fourth-order valence-electron chi connectivity index (χ4n) is 2.78. The van der Waals surface area contributed by atoms with Crippen LogP contribution in [0.3, 0.4) is 0 Å². The largest absolute Gasteiger partial charge is 0.478 e. The van der Waals surface area contributed by atoms with Crippen molar-refractivity contribution in [1.29, 1.82) is 0 Å². The molecule has 1 aliphatic rings. The van der Waals surface area contributed by atoms with Gasteiger partial charge in [-0.2, -0.15) is 0 Å². The molecule has 0 amide bonds. The molecule has 1 aliphatic carbocycles. The molecule has 0 spiro atoms. The van der Waals surface area contributed by atoms with Crippen LogP contribution in [0.2, 0.25) is 0 Å². The summed E-state index contributed by atoms with van der Waals surface area (Å²) in [5.41, 5.74) is 1.03. The Morgan fingerprint density at radius 3 is 2.74 bits per heavy atom. The summed E-state index contributed by atoms with van der Waals surface area (Å²) < 4.78 is 0.627. The van der Waals surface area contributed by atoms with E-state index in [1.165, 1.54) is 32.1 Å². The second-order valence-corrected chi connectivity index (χ2v) is 6.04. The highest BCUT2D eigenvalue weighted by Gasteiger charge is 2.15. The van der Waals surface area contributed by atoms with E-state index in [-0.39, 0.29) is 0 Å². The molecule has 0 aromatic heterocycles. The normalized spacial score (nSPS) is 16.3. The molecular formula is C15H20BrNO2. The summed E-state index contributed by atoms with van der Waals surface area (Å²) in [4.78, 5) is 11.2. The fourth-order valence-corrected chi connectivity index (χ4v) is 3.31. The Morgan fingerprint density at radius 2 is 2.05 bits per heavy atom. The first-order valence-electron chi connectivity index (χ1n) is 6.94. The molecule has 2 rings (SSSR count). The summed E-state index contributed by atoms with van der Waals surface area (Å²) in [5, 5.41) is 12.5. The Balaban J connectivity index is 1.92. The predicted molar refractivity (Wildman–Crippen MR) is 80.8 cm³/mol. The van der Waals surface area contributed by atoms with Gasteiger partial charge in [0.25, 0.3) is 0 Å². The van der Waals surface area contributed by atoms with Crippen LogP contribution in [0.15, 0.2) is 22.7 Å². The van der Waals surface area contributed by atoms with Crippen molar-refractivity contribution in [2.24, 2.45) is 5.92 Å². The Morgan fingerprint density at radius 1 is 1.32 bits per heavy atom. The monoisotopic (exact) mass is 325 g/mol. The summed E-state index contributed by atoms with van der Waals surface area (Å²) in [6.45, 7) is 0.849. The number of benzene rings is 1. The molecule has 4 heteroatoms. The van der Waals surface area contributed by atoms with E-state index in [2.05, 4.69) is 21.2 Å². The van der Waals surface area contributed by atoms with Gasteiger partial charge < -0.3 is 10.4 Å². The molecule has 3 nitrogen and oxygen atoms in total. The highest BCUT2D eigenvalue weighted by atomic mass is 79.9. The number of nitrogens with one attached hydrogen (secondary N) is 1. The Labute approximate surface area is 122 Å². The number of carbonyl (C=O) groups is 1. The molecule has 0 saturated heterocycles. The van der Waals surface area contributed by atoms with Gasteiger partial charge in [0.2, 0.25) is 0 Å². The molecule has 19 heavy (non-hydrogen) atoms. The van der Waals surface area contributed by atoms with E-state index >= 15 is 0 Å². The van der Waals surface area contributed by atoms with Gasteiger partial charge in [0.15, 0.2) is 0 Å². The van der Waals surface area contributed by atoms with Gasteiger partial charge in [-0.1, -0.05) is 38.2 Å². The van der Waals surface area contributed by atoms with Crippen LogP contribution >= 0.6 is 15.9 Å². The third kappa shape index (κ3) is 3.96. The number of hydrogen-bond acceptors (Lipinski definition) is 2. The van der Waals surface area contributed by atoms with Gasteiger partial charge in [-0.15, -0.1) is 0 Å². The second-order valence-electron chi connectivity index (χ2n) is 5.19. The third-order valence-corrected chi connectivity index (χ3v) is 4.48. The number of halogens is 1. The van der Waals surface area contributed by atoms with Crippen molar-refractivity contribution in [3.63, 3.8) is 0 Å². The lowest BCUT2D eigenvalue weighted by Gasteiger charge is -2.22. The highest BCUT2D eigenvalue weighted by Crippen LogP contribution is 2.28. The minimum absolute atomic E-state index is 0.325. The summed E-state index contributed by atoms with van der Waals surface area (Å²) in [6.07, 6.45) is 7.85. The van der Waals surface area contributed by atoms with Crippen molar-refractivity contribution in [1.82, 2.24) is 0 Å². The molecule has 2 N–H and O–H groups in total. The molecule has 0 aliphatic heterocycles. The summed E-state index contributed by atoms with van der Waals surface area (Å²) in [6, 6.07) is 5.45. The van der Waals surface area contributed by atoms with E-state index in [1.807, 2.05) is 12.1 Å². The first-order chi connectivity index (χ1) is 9.18. The third-order valence-electron chi connectivity index (χ3n) is 3.82. The van der Waals surface area contributed by atoms with E-state index in [0.717, 1.165) is 18.9 Å². The van der Waals surface area contributed by atoms with Crippen molar-refractivity contribution in [2.45, 2.75) is 38.5 Å². The van der Waals surface area contributed by atoms with Crippen LogP contribution < -0.4 is 5.32 Å². The quantitative estimate of drug-likeness (QED) is 0.836. The maximum Gasteiger partial charge on any atom is 0.338 e. The topological polar surface area (TPSA) is 49.3 Å². The molecule has 0 radical (unpaired) electrons. The number of hydrogen-bond donors (Lipinski definition) is 2. The molecule has 0 bridgehead atoms. The number of anilines is 1. The summed E-state index contributed by atoms with van der Waals surface area (Å²) >= 11 is 3.30. The average molecular weight is 326 g/mol. The van der Waals surface area contributed by atoms with Gasteiger partial charge in [0.1, 0.15) is 0 Å². The van der Waals surface area contributed by atoms with Crippen molar-refractivity contribution in [3.05, 3.63) is 28.2 Å². The van der Waals surface area contributed by atoms with Gasteiger partial charge in [-0.25, -0.2) is 4.79 Å². The van der Waals surface area contributed by atoms with Crippen molar-refractivity contribution in [2.75, 3.05) is 11.9 Å². The van der Waals surface area contributed by atoms with Crippen LogP contribution in [0.25, 0.3) is 0 Å². The van der Waals surface area contributed by atoms with Gasteiger partial charge in [0, 0.05) is 16.7 Å². The average Bonchev–Trinajstić information content (AvgIpc) is 2.39. The fraction of sp³-hybridized carbons (Fsp3) is 0.533. The number of aromatic carboxylic acids is 1. The molecular weight excluding hydrogens is 306 g/mol. The Bertz CT molecular complexity index is 442. The molecule has 104 valence electrons. The van der Waals surface area contributed by atoms with E-state index < -0.39 is 5.97 Å². The Hall–Kier alpha value is -1.03. The lowest BCUT2D eigenvalue weighted by Crippen LogP contribution is -2.14. The first kappa shape index (κ1) is 14.4. The maximum atomic E-state index is 11.2. The Kier molecular flexibility index (Phi) is 5.25. The van der Waals surface area contributed by atoms with Gasteiger partial charge >= 0.3 is 5.97 Å². The second kappa shape index (κ2) is 6.94. The minimum atomic E-state index is -0.896. The standard InChI is InChI=1S/C15H20BrNO2/c16-12-7-4-8-13(14(12)15(18)19)17-10-9-11-5-2-1-3-6-11/h4,7-8,11,17H,1-3,5-6,9-10H2,(H,18,19). The molecule has 0 atom stereocenters. The predicted octanol–water partition coefficient (Wildman–Crippen LogP) is 4.53. The van der Waals surface area contributed by atoms with E-state index in [4.69, 9.17) is 0 Å². The smallest absolute Gasteiger partial charge is 0.338 e. The molecule has 0 unspecified atom stereocenters. The van der Waals surface area contributed by atoms with Crippen LogP contribution in [-0.4, -0.2) is 17.6 Å². The number of carboxylic acids is 1. The molecule has 1 aromatic carbocycles. The van der Waals surface area contributed by atoms with Crippen LogP contribution in [0.1, 0.15) is 48.9 Å². The molecule has 1 saturated carbocycles. The lowest BCUT2D eigenvalue weighted by molar-refractivity contribution is 0.0697. The first-order valence-corrected chi connectivity index (χ1v) is 7.73. The van der Waals surface area contributed by atoms with Crippen molar-refractivity contribution in [3.8, 4) is 0 Å². The number of rotatable bonds is 5. The molecule has 1 fully saturated rings. The van der Waals surface area contributed by atoms with Crippen LogP contribution in [0.4, 0.5) is 5.69 Å². The molecule has 1 aromatic rings.